The third-order valence-electron chi connectivity index (χ3n) is 3.61. The molecule has 1 aliphatic rings. The van der Waals surface area contributed by atoms with Crippen LogP contribution < -0.4 is 5.32 Å². The Morgan fingerprint density at radius 3 is 3.18 bits per heavy atom. The number of hydrogen-bond acceptors (Lipinski definition) is 3. The first-order valence-corrected chi connectivity index (χ1v) is 6.61. The van der Waals surface area contributed by atoms with Gasteiger partial charge in [-0.1, -0.05) is 6.92 Å². The minimum absolute atomic E-state index is 0.470. The monoisotopic (exact) mass is 237 g/mol. The Balaban J connectivity index is 1.65. The third-order valence-corrected chi connectivity index (χ3v) is 3.61. The van der Waals surface area contributed by atoms with Crippen LogP contribution in [0.15, 0.2) is 12.4 Å². The summed E-state index contributed by atoms with van der Waals surface area (Å²) in [7, 11) is 0. The minimum Gasteiger partial charge on any atom is -0.378 e. The zero-order valence-corrected chi connectivity index (χ0v) is 10.9. The molecule has 0 bridgehead atoms. The maximum absolute atomic E-state index is 5.68. The summed E-state index contributed by atoms with van der Waals surface area (Å²) >= 11 is 0. The molecule has 0 saturated carbocycles. The molecule has 1 saturated heterocycles. The van der Waals surface area contributed by atoms with Crippen molar-refractivity contribution in [1.82, 2.24) is 14.9 Å². The van der Waals surface area contributed by atoms with Crippen molar-refractivity contribution in [2.75, 3.05) is 19.7 Å². The highest BCUT2D eigenvalue weighted by atomic mass is 16.5. The Morgan fingerprint density at radius 1 is 1.59 bits per heavy atom. The highest BCUT2D eigenvalue weighted by molar-refractivity contribution is 4.88. The van der Waals surface area contributed by atoms with Crippen molar-refractivity contribution in [3.63, 3.8) is 0 Å². The van der Waals surface area contributed by atoms with E-state index in [0.29, 0.717) is 12.0 Å². The molecule has 0 aliphatic carbocycles. The summed E-state index contributed by atoms with van der Waals surface area (Å²) < 4.78 is 7.86. The van der Waals surface area contributed by atoms with Crippen molar-refractivity contribution < 1.29 is 4.74 Å². The van der Waals surface area contributed by atoms with Crippen molar-refractivity contribution in [1.29, 1.82) is 0 Å². The molecule has 1 aromatic rings. The lowest BCUT2D eigenvalue weighted by molar-refractivity contribution is 0.0873. The Labute approximate surface area is 103 Å². The van der Waals surface area contributed by atoms with Crippen molar-refractivity contribution in [2.45, 2.75) is 39.3 Å². The van der Waals surface area contributed by atoms with Crippen molar-refractivity contribution >= 4 is 0 Å². The van der Waals surface area contributed by atoms with Gasteiger partial charge in [-0.05, 0) is 25.7 Å². The smallest absolute Gasteiger partial charge is 0.105 e. The summed E-state index contributed by atoms with van der Waals surface area (Å²) in [5.41, 5.74) is 0. The van der Waals surface area contributed by atoms with Crippen LogP contribution in [-0.4, -0.2) is 35.4 Å². The largest absolute Gasteiger partial charge is 0.378 e. The molecule has 1 N–H and O–H groups in total. The van der Waals surface area contributed by atoms with Crippen molar-refractivity contribution in [3.05, 3.63) is 18.2 Å². The van der Waals surface area contributed by atoms with E-state index in [4.69, 9.17) is 4.74 Å². The first kappa shape index (κ1) is 12.6. The van der Waals surface area contributed by atoms with Gasteiger partial charge in [-0.2, -0.15) is 0 Å². The van der Waals surface area contributed by atoms with Gasteiger partial charge >= 0.3 is 0 Å². The molecule has 1 aromatic heterocycles. The van der Waals surface area contributed by atoms with E-state index in [1.807, 2.05) is 19.3 Å². The first-order valence-electron chi connectivity index (χ1n) is 6.61. The van der Waals surface area contributed by atoms with Gasteiger partial charge in [0.15, 0.2) is 0 Å². The Hall–Kier alpha value is -0.870. The van der Waals surface area contributed by atoms with Crippen LogP contribution >= 0.6 is 0 Å². The van der Waals surface area contributed by atoms with Crippen molar-refractivity contribution in [3.8, 4) is 0 Å². The lowest BCUT2D eigenvalue weighted by atomic mass is 10.00. The first-order chi connectivity index (χ1) is 8.31. The van der Waals surface area contributed by atoms with Gasteiger partial charge < -0.3 is 14.6 Å². The molecule has 2 unspecified atom stereocenters. The lowest BCUT2D eigenvalue weighted by Crippen LogP contribution is -2.30. The summed E-state index contributed by atoms with van der Waals surface area (Å²) in [4.78, 5) is 4.21. The second kappa shape index (κ2) is 6.17. The predicted octanol–water partition coefficient (Wildman–Crippen LogP) is 1.60. The summed E-state index contributed by atoms with van der Waals surface area (Å²) in [6.45, 7) is 8.26. The van der Waals surface area contributed by atoms with Gasteiger partial charge in [0, 0.05) is 38.6 Å². The van der Waals surface area contributed by atoms with E-state index in [2.05, 4.69) is 21.8 Å². The molecule has 17 heavy (non-hydrogen) atoms. The molecule has 96 valence electrons. The van der Waals surface area contributed by atoms with E-state index in [1.165, 1.54) is 6.42 Å². The van der Waals surface area contributed by atoms with Gasteiger partial charge in [0.2, 0.25) is 0 Å². The second-order valence-electron chi connectivity index (χ2n) is 4.74. The Kier molecular flexibility index (Phi) is 4.57. The number of hydrogen-bond donors (Lipinski definition) is 1. The van der Waals surface area contributed by atoms with Gasteiger partial charge in [-0.25, -0.2) is 4.98 Å². The maximum Gasteiger partial charge on any atom is 0.105 e. The normalized spacial score (nSPS) is 24.4. The van der Waals surface area contributed by atoms with Crippen LogP contribution in [-0.2, 0) is 11.3 Å². The fourth-order valence-corrected chi connectivity index (χ4v) is 2.50. The van der Waals surface area contributed by atoms with E-state index < -0.39 is 0 Å². The molecule has 0 spiro atoms. The highest BCUT2D eigenvalue weighted by Gasteiger charge is 2.25. The van der Waals surface area contributed by atoms with E-state index in [1.54, 1.807) is 0 Å². The quantitative estimate of drug-likeness (QED) is 0.764. The number of aromatic nitrogens is 2. The van der Waals surface area contributed by atoms with E-state index in [0.717, 1.165) is 38.5 Å². The van der Waals surface area contributed by atoms with Crippen LogP contribution in [0.3, 0.4) is 0 Å². The summed E-state index contributed by atoms with van der Waals surface area (Å²) in [6, 6.07) is 0. The topological polar surface area (TPSA) is 39.1 Å². The summed E-state index contributed by atoms with van der Waals surface area (Å²) in [6.07, 6.45) is 6.69. The zero-order valence-electron chi connectivity index (χ0n) is 10.9. The molecule has 1 fully saturated rings. The van der Waals surface area contributed by atoms with Gasteiger partial charge in [0.05, 0.1) is 6.10 Å². The molecular formula is C13H23N3O. The highest BCUT2D eigenvalue weighted by Crippen LogP contribution is 2.22. The van der Waals surface area contributed by atoms with E-state index in [9.17, 15) is 0 Å². The van der Waals surface area contributed by atoms with Crippen LogP contribution in [0.5, 0.6) is 0 Å². The van der Waals surface area contributed by atoms with Crippen LogP contribution in [0.4, 0.5) is 0 Å². The zero-order chi connectivity index (χ0) is 12.1. The molecular weight excluding hydrogens is 214 g/mol. The van der Waals surface area contributed by atoms with E-state index >= 15 is 0 Å². The fourth-order valence-electron chi connectivity index (χ4n) is 2.50. The maximum atomic E-state index is 5.68. The van der Waals surface area contributed by atoms with Crippen LogP contribution in [0, 0.1) is 12.8 Å². The van der Waals surface area contributed by atoms with Gasteiger partial charge in [0.1, 0.15) is 5.82 Å². The molecule has 1 aliphatic heterocycles. The number of ether oxygens (including phenoxy) is 1. The van der Waals surface area contributed by atoms with Crippen LogP contribution in [0.1, 0.15) is 25.6 Å². The fraction of sp³-hybridized carbons (Fsp3) is 0.769. The Bertz CT molecular complexity index is 337. The van der Waals surface area contributed by atoms with Crippen LogP contribution in [0.25, 0.3) is 0 Å². The summed E-state index contributed by atoms with van der Waals surface area (Å²) in [5, 5.41) is 3.53. The number of rotatable bonds is 6. The molecule has 2 rings (SSSR count). The second-order valence-corrected chi connectivity index (χ2v) is 4.74. The minimum atomic E-state index is 0.470. The predicted molar refractivity (Wildman–Crippen MR) is 68.0 cm³/mol. The third kappa shape index (κ3) is 3.30. The molecule has 4 heteroatoms. The molecule has 0 aromatic carbocycles. The molecule has 2 heterocycles. The summed E-state index contributed by atoms with van der Waals surface area (Å²) in [5.74, 6) is 1.78. The Morgan fingerprint density at radius 2 is 2.47 bits per heavy atom. The number of nitrogens with zero attached hydrogens (tertiary/aromatic N) is 2. The van der Waals surface area contributed by atoms with Gasteiger partial charge in [-0.3, -0.25) is 0 Å². The standard InChI is InChI=1S/C13H23N3O/c1-3-13-12(4-9-17-13)10-14-5-7-16-8-6-15-11(16)2/h6,8,12-14H,3-5,7,9-10H2,1-2H3. The average Bonchev–Trinajstić information content (AvgIpc) is 2.93. The van der Waals surface area contributed by atoms with Crippen LogP contribution in [0.2, 0.25) is 0 Å². The lowest BCUT2D eigenvalue weighted by Gasteiger charge is -2.17. The molecule has 0 radical (unpaired) electrons. The number of imidazole rings is 1. The van der Waals surface area contributed by atoms with Gasteiger partial charge in [-0.15, -0.1) is 0 Å². The number of nitrogens with one attached hydrogen (secondary N) is 1. The molecule has 2 atom stereocenters. The molecule has 4 nitrogen and oxygen atoms in total. The SMILES string of the molecule is CCC1OCCC1CNCCn1ccnc1C. The van der Waals surface area contributed by atoms with Gasteiger partial charge in [0.25, 0.3) is 0 Å². The molecule has 0 amide bonds. The van der Waals surface area contributed by atoms with E-state index in [-0.39, 0.29) is 0 Å². The van der Waals surface area contributed by atoms with Crippen molar-refractivity contribution in [2.24, 2.45) is 5.92 Å². The average molecular weight is 237 g/mol. The number of aryl methyl sites for hydroxylation is 1.